The Morgan fingerprint density at radius 3 is 2.61 bits per heavy atom. The summed E-state index contributed by atoms with van der Waals surface area (Å²) in [5.74, 6) is -1.22. The second kappa shape index (κ2) is 10.3. The van der Waals surface area contributed by atoms with E-state index in [4.69, 9.17) is 22.1 Å². The number of rotatable bonds is 7. The minimum atomic E-state index is -0.795. The number of nitrogens with zero attached hydrogens (tertiary/aromatic N) is 1. The Hall–Kier alpha value is -3.09. The molecular weight excluding hydrogens is 440 g/mol. The van der Waals surface area contributed by atoms with E-state index in [1.165, 1.54) is 11.3 Å². The van der Waals surface area contributed by atoms with Crippen molar-refractivity contribution in [2.75, 3.05) is 11.9 Å². The molecule has 31 heavy (non-hydrogen) atoms. The predicted octanol–water partition coefficient (Wildman–Crippen LogP) is 3.43. The Morgan fingerprint density at radius 1 is 1.23 bits per heavy atom. The molecule has 1 unspecified atom stereocenters. The number of carbonyl (C=O) groups is 3. The zero-order valence-corrected chi connectivity index (χ0v) is 18.1. The average Bonchev–Trinajstić information content (AvgIpc) is 3.09. The molecule has 4 N–H and O–H groups in total. The lowest BCUT2D eigenvalue weighted by Gasteiger charge is -2.17. The number of anilines is 1. The summed E-state index contributed by atoms with van der Waals surface area (Å²) in [6.07, 6.45) is 3.61. The second-order valence-electron chi connectivity index (χ2n) is 7.05. The molecule has 0 saturated carbocycles. The highest BCUT2D eigenvalue weighted by Crippen LogP contribution is 2.37. The summed E-state index contributed by atoms with van der Waals surface area (Å²) in [5, 5.41) is 15.6. The number of thiophene rings is 1. The summed E-state index contributed by atoms with van der Waals surface area (Å²) < 4.78 is 5.06. The van der Waals surface area contributed by atoms with Crippen molar-refractivity contribution >= 4 is 45.8 Å². The van der Waals surface area contributed by atoms with Crippen molar-refractivity contribution in [2.24, 2.45) is 5.73 Å². The average molecular weight is 461 g/mol. The Morgan fingerprint density at radius 2 is 1.94 bits per heavy atom. The van der Waals surface area contributed by atoms with E-state index in [1.807, 2.05) is 0 Å². The van der Waals surface area contributed by atoms with Crippen LogP contribution in [-0.2, 0) is 27.2 Å². The lowest BCUT2D eigenvalue weighted by molar-refractivity contribution is -0.147. The molecule has 1 atom stereocenters. The van der Waals surface area contributed by atoms with Gasteiger partial charge in [-0.05, 0) is 48.9 Å². The molecule has 8 nitrogen and oxygen atoms in total. The first-order valence-electron chi connectivity index (χ1n) is 9.69. The number of hydrogen-bond acceptors (Lipinski definition) is 6. The maximum atomic E-state index is 12.3. The third kappa shape index (κ3) is 5.96. The summed E-state index contributed by atoms with van der Waals surface area (Å²) in [4.78, 5) is 36.9. The fourth-order valence-corrected chi connectivity index (χ4v) is 4.81. The molecule has 3 amide bonds. The number of aryl methyl sites for hydroxylation is 1. The molecule has 0 bridgehead atoms. The van der Waals surface area contributed by atoms with Crippen LogP contribution in [0.3, 0.4) is 0 Å². The molecule has 0 fully saturated rings. The maximum Gasteiger partial charge on any atom is 0.312 e. The monoisotopic (exact) mass is 460 g/mol. The summed E-state index contributed by atoms with van der Waals surface area (Å²) in [7, 11) is 0. The minimum absolute atomic E-state index is 0.214. The maximum absolute atomic E-state index is 12.3. The number of ether oxygens (including phenoxy) is 1. The zero-order valence-electron chi connectivity index (χ0n) is 16.6. The summed E-state index contributed by atoms with van der Waals surface area (Å²) in [5.41, 5.74) is 7.32. The molecule has 1 aliphatic carbocycles. The minimum Gasteiger partial charge on any atom is -0.455 e. The van der Waals surface area contributed by atoms with Gasteiger partial charge in [-0.3, -0.25) is 9.59 Å². The Labute approximate surface area is 188 Å². The van der Waals surface area contributed by atoms with Gasteiger partial charge < -0.3 is 21.1 Å². The zero-order chi connectivity index (χ0) is 22.4. The van der Waals surface area contributed by atoms with Gasteiger partial charge in [0.2, 0.25) is 0 Å². The van der Waals surface area contributed by atoms with Gasteiger partial charge in [0.05, 0.1) is 18.0 Å². The molecule has 1 aliphatic rings. The third-order valence-electron chi connectivity index (χ3n) is 4.86. The van der Waals surface area contributed by atoms with E-state index in [0.29, 0.717) is 21.2 Å². The van der Waals surface area contributed by atoms with Gasteiger partial charge >= 0.3 is 12.0 Å². The molecule has 1 heterocycles. The van der Waals surface area contributed by atoms with Crippen LogP contribution < -0.4 is 16.4 Å². The molecule has 162 valence electrons. The van der Waals surface area contributed by atoms with E-state index < -0.39 is 30.6 Å². The number of halogens is 1. The summed E-state index contributed by atoms with van der Waals surface area (Å²) in [6.45, 7) is -0.504. The number of esters is 1. The van der Waals surface area contributed by atoms with Gasteiger partial charge in [0, 0.05) is 9.90 Å². The van der Waals surface area contributed by atoms with Gasteiger partial charge in [0.25, 0.3) is 5.91 Å². The Balaban J connectivity index is 1.57. The van der Waals surface area contributed by atoms with Gasteiger partial charge in [-0.15, -0.1) is 11.3 Å². The molecule has 10 heteroatoms. The molecule has 1 aromatic heterocycles. The van der Waals surface area contributed by atoms with Crippen LogP contribution in [0.5, 0.6) is 0 Å². The number of benzene rings is 1. The van der Waals surface area contributed by atoms with Gasteiger partial charge in [-0.25, -0.2) is 4.79 Å². The first-order valence-corrected chi connectivity index (χ1v) is 10.9. The number of nitrogens with two attached hydrogens (primary N) is 1. The Bertz CT molecular complexity index is 1030. The quantitative estimate of drug-likeness (QED) is 0.544. The van der Waals surface area contributed by atoms with E-state index in [9.17, 15) is 19.6 Å². The van der Waals surface area contributed by atoms with E-state index >= 15 is 0 Å². The van der Waals surface area contributed by atoms with Crippen molar-refractivity contribution in [3.05, 3.63) is 50.9 Å². The van der Waals surface area contributed by atoms with Gasteiger partial charge in [-0.1, -0.05) is 23.7 Å². The molecule has 0 aliphatic heterocycles. The number of fused-ring (bicyclic) bond motifs is 1. The van der Waals surface area contributed by atoms with E-state index in [0.717, 1.165) is 36.1 Å². The summed E-state index contributed by atoms with van der Waals surface area (Å²) in [6, 6.07) is 7.21. The van der Waals surface area contributed by atoms with E-state index in [2.05, 4.69) is 16.7 Å². The highest BCUT2D eigenvalue weighted by molar-refractivity contribution is 7.16. The van der Waals surface area contributed by atoms with Crippen LogP contribution in [0.2, 0.25) is 5.02 Å². The lowest BCUT2D eigenvalue weighted by atomic mass is 9.96. The van der Waals surface area contributed by atoms with Crippen LogP contribution >= 0.6 is 22.9 Å². The van der Waals surface area contributed by atoms with Crippen LogP contribution in [0.25, 0.3) is 0 Å². The highest BCUT2D eigenvalue weighted by atomic mass is 35.5. The number of nitriles is 1. The number of amides is 3. The third-order valence-corrected chi connectivity index (χ3v) is 6.32. The van der Waals surface area contributed by atoms with Crippen molar-refractivity contribution in [1.82, 2.24) is 5.32 Å². The van der Waals surface area contributed by atoms with Crippen LogP contribution in [0.1, 0.15) is 46.9 Å². The van der Waals surface area contributed by atoms with Crippen LogP contribution in [0.4, 0.5) is 9.80 Å². The fraction of sp³-hybridized carbons (Fsp3) is 0.333. The molecule has 1 aromatic carbocycles. The number of hydrogen-bond donors (Lipinski definition) is 3. The van der Waals surface area contributed by atoms with Gasteiger partial charge in [0.15, 0.2) is 6.61 Å². The first-order chi connectivity index (χ1) is 14.9. The van der Waals surface area contributed by atoms with Crippen molar-refractivity contribution in [3.8, 4) is 6.07 Å². The van der Waals surface area contributed by atoms with E-state index in [-0.39, 0.29) is 6.42 Å². The Kier molecular flexibility index (Phi) is 7.50. The van der Waals surface area contributed by atoms with Crippen LogP contribution in [-0.4, -0.2) is 24.5 Å². The number of primary amides is 1. The fourth-order valence-electron chi connectivity index (χ4n) is 3.43. The number of carbonyl (C=O) groups excluding carboxylic acids is 3. The van der Waals surface area contributed by atoms with Gasteiger partial charge in [0.1, 0.15) is 11.1 Å². The molecule has 0 spiro atoms. The topological polar surface area (TPSA) is 134 Å². The molecule has 3 rings (SSSR count). The highest BCUT2D eigenvalue weighted by Gasteiger charge is 2.23. The largest absolute Gasteiger partial charge is 0.455 e. The standard InChI is InChI=1S/C21H21ClN4O4S/c22-13-7-5-12(6-8-13)16(25-21(24)29)9-19(28)30-11-18(27)26-20-15(10-23)14-3-1-2-4-17(14)31-20/h5-8,16H,1-4,9,11H2,(H,26,27)(H3,24,25,29). The SMILES string of the molecule is N#Cc1c(NC(=O)COC(=O)CC(NC(N)=O)c2ccc(Cl)cc2)sc2c1CCCC2. The summed E-state index contributed by atoms with van der Waals surface area (Å²) >= 11 is 7.26. The van der Waals surface area contributed by atoms with Gasteiger partial charge in [-0.2, -0.15) is 5.26 Å². The molecular formula is C21H21ClN4O4S. The number of urea groups is 1. The normalized spacial score (nSPS) is 13.4. The smallest absolute Gasteiger partial charge is 0.312 e. The van der Waals surface area contributed by atoms with Crippen LogP contribution in [0, 0.1) is 11.3 Å². The van der Waals surface area contributed by atoms with Crippen molar-refractivity contribution in [1.29, 1.82) is 5.26 Å². The van der Waals surface area contributed by atoms with E-state index in [1.54, 1.807) is 24.3 Å². The second-order valence-corrected chi connectivity index (χ2v) is 8.59. The number of nitrogens with one attached hydrogen (secondary N) is 2. The molecule has 2 aromatic rings. The predicted molar refractivity (Wildman–Crippen MR) is 117 cm³/mol. The molecule has 0 saturated heterocycles. The lowest BCUT2D eigenvalue weighted by Crippen LogP contribution is -2.35. The molecule has 0 radical (unpaired) electrons. The van der Waals surface area contributed by atoms with Crippen LogP contribution in [0.15, 0.2) is 24.3 Å². The van der Waals surface area contributed by atoms with Crippen molar-refractivity contribution < 1.29 is 19.1 Å². The van der Waals surface area contributed by atoms with Crippen molar-refractivity contribution in [2.45, 2.75) is 38.1 Å². The first kappa shape index (κ1) is 22.6. The van der Waals surface area contributed by atoms with Crippen molar-refractivity contribution in [3.63, 3.8) is 0 Å².